The summed E-state index contributed by atoms with van der Waals surface area (Å²) in [6.45, 7) is 3.90. The third-order valence-corrected chi connectivity index (χ3v) is 6.51. The van der Waals surface area contributed by atoms with Gasteiger partial charge in [0, 0.05) is 12.6 Å². The molecule has 2 fully saturated rings. The minimum atomic E-state index is 0.158. The molecule has 0 unspecified atom stereocenters. The van der Waals surface area contributed by atoms with Crippen LogP contribution in [0, 0.1) is 0 Å². The summed E-state index contributed by atoms with van der Waals surface area (Å²) in [6, 6.07) is 10.7. The van der Waals surface area contributed by atoms with Gasteiger partial charge in [0.1, 0.15) is 9.88 Å². The van der Waals surface area contributed by atoms with Crippen molar-refractivity contribution in [3.05, 3.63) is 52.0 Å². The Hall–Kier alpha value is -1.72. The summed E-state index contributed by atoms with van der Waals surface area (Å²) in [6.07, 6.45) is 9.06. The SMILES string of the molecule is O=C(c1cnc(CN2CCCC2)s1)N(Cc1ccccc1)C1CCCC1. The van der Waals surface area contributed by atoms with E-state index in [1.807, 2.05) is 18.2 Å². The molecule has 0 radical (unpaired) electrons. The van der Waals surface area contributed by atoms with Gasteiger partial charge >= 0.3 is 0 Å². The van der Waals surface area contributed by atoms with Crippen molar-refractivity contribution in [3.8, 4) is 0 Å². The lowest BCUT2D eigenvalue weighted by molar-refractivity contribution is 0.0669. The zero-order valence-corrected chi connectivity index (χ0v) is 16.1. The van der Waals surface area contributed by atoms with Gasteiger partial charge < -0.3 is 4.90 Å². The molecule has 1 aromatic heterocycles. The Balaban J connectivity index is 1.49. The van der Waals surface area contributed by atoms with Gasteiger partial charge in [-0.1, -0.05) is 43.2 Å². The van der Waals surface area contributed by atoms with Crippen LogP contribution in [0.15, 0.2) is 36.5 Å². The fourth-order valence-electron chi connectivity index (χ4n) is 4.12. The summed E-state index contributed by atoms with van der Waals surface area (Å²) in [5, 5.41) is 1.07. The first-order chi connectivity index (χ1) is 12.8. The second-order valence-corrected chi connectivity index (χ2v) is 8.57. The van der Waals surface area contributed by atoms with Gasteiger partial charge in [-0.05, 0) is 44.3 Å². The lowest BCUT2D eigenvalue weighted by Crippen LogP contribution is -2.37. The molecular weight excluding hydrogens is 342 g/mol. The van der Waals surface area contributed by atoms with E-state index in [1.54, 1.807) is 17.5 Å². The largest absolute Gasteiger partial charge is 0.331 e. The molecule has 0 atom stereocenters. The van der Waals surface area contributed by atoms with Gasteiger partial charge in [-0.25, -0.2) is 4.98 Å². The number of likely N-dealkylation sites (tertiary alicyclic amines) is 1. The number of carbonyl (C=O) groups is 1. The topological polar surface area (TPSA) is 36.4 Å². The van der Waals surface area contributed by atoms with Crippen LogP contribution in [0.4, 0.5) is 0 Å². The van der Waals surface area contributed by atoms with Crippen molar-refractivity contribution in [2.24, 2.45) is 0 Å². The minimum Gasteiger partial charge on any atom is -0.331 e. The highest BCUT2D eigenvalue weighted by molar-refractivity contribution is 7.13. The zero-order chi connectivity index (χ0) is 17.8. The van der Waals surface area contributed by atoms with Crippen LogP contribution in [0.25, 0.3) is 0 Å². The van der Waals surface area contributed by atoms with E-state index >= 15 is 0 Å². The molecule has 1 aliphatic heterocycles. The Morgan fingerprint density at radius 1 is 1.12 bits per heavy atom. The summed E-state index contributed by atoms with van der Waals surface area (Å²) >= 11 is 1.58. The van der Waals surface area contributed by atoms with Crippen LogP contribution in [-0.2, 0) is 13.1 Å². The number of amides is 1. The smallest absolute Gasteiger partial charge is 0.266 e. The maximum atomic E-state index is 13.3. The molecule has 4 rings (SSSR count). The molecule has 1 aliphatic carbocycles. The van der Waals surface area contributed by atoms with E-state index in [1.165, 1.54) is 31.2 Å². The predicted molar refractivity (Wildman–Crippen MR) is 105 cm³/mol. The van der Waals surface area contributed by atoms with E-state index in [9.17, 15) is 4.79 Å². The summed E-state index contributed by atoms with van der Waals surface area (Å²) < 4.78 is 0. The molecule has 5 heteroatoms. The maximum Gasteiger partial charge on any atom is 0.266 e. The van der Waals surface area contributed by atoms with Crippen LogP contribution in [-0.4, -0.2) is 39.8 Å². The van der Waals surface area contributed by atoms with Gasteiger partial charge in [-0.15, -0.1) is 11.3 Å². The van der Waals surface area contributed by atoms with Crippen molar-refractivity contribution in [3.63, 3.8) is 0 Å². The van der Waals surface area contributed by atoms with Crippen molar-refractivity contribution >= 4 is 17.2 Å². The van der Waals surface area contributed by atoms with Crippen LogP contribution in [0.2, 0.25) is 0 Å². The highest BCUT2D eigenvalue weighted by atomic mass is 32.1. The van der Waals surface area contributed by atoms with Crippen molar-refractivity contribution in [1.82, 2.24) is 14.8 Å². The number of nitrogens with zero attached hydrogens (tertiary/aromatic N) is 3. The molecular formula is C21H27N3OS. The fraction of sp³-hybridized carbons (Fsp3) is 0.524. The van der Waals surface area contributed by atoms with Crippen molar-refractivity contribution in [2.45, 2.75) is 57.7 Å². The first kappa shape index (κ1) is 17.7. The average molecular weight is 370 g/mol. The Labute approximate surface area is 159 Å². The molecule has 2 heterocycles. The zero-order valence-electron chi connectivity index (χ0n) is 15.3. The summed E-state index contributed by atoms with van der Waals surface area (Å²) in [4.78, 5) is 23.1. The minimum absolute atomic E-state index is 0.158. The fourth-order valence-corrected chi connectivity index (χ4v) is 5.03. The number of hydrogen-bond donors (Lipinski definition) is 0. The molecule has 2 aromatic rings. The maximum absolute atomic E-state index is 13.3. The third-order valence-electron chi connectivity index (χ3n) is 5.54. The monoisotopic (exact) mass is 369 g/mol. The van der Waals surface area contributed by atoms with Gasteiger partial charge in [0.2, 0.25) is 0 Å². The Kier molecular flexibility index (Phi) is 5.65. The van der Waals surface area contributed by atoms with E-state index < -0.39 is 0 Å². The van der Waals surface area contributed by atoms with E-state index in [0.29, 0.717) is 12.6 Å². The van der Waals surface area contributed by atoms with Gasteiger partial charge in [0.15, 0.2) is 0 Å². The Bertz CT molecular complexity index is 718. The first-order valence-corrected chi connectivity index (χ1v) is 10.6. The van der Waals surface area contributed by atoms with E-state index in [4.69, 9.17) is 0 Å². The van der Waals surface area contributed by atoms with Crippen molar-refractivity contribution in [1.29, 1.82) is 0 Å². The molecule has 1 aromatic carbocycles. The van der Waals surface area contributed by atoms with Gasteiger partial charge in [-0.2, -0.15) is 0 Å². The Morgan fingerprint density at radius 2 is 1.85 bits per heavy atom. The number of hydrogen-bond acceptors (Lipinski definition) is 4. The molecule has 1 amide bonds. The van der Waals surface area contributed by atoms with E-state index in [2.05, 4.69) is 26.9 Å². The predicted octanol–water partition coefficient (Wildman–Crippen LogP) is 4.32. The van der Waals surface area contributed by atoms with Gasteiger partial charge in [0.05, 0.1) is 12.7 Å². The molecule has 1 saturated carbocycles. The second kappa shape index (κ2) is 8.31. The normalized spacial score (nSPS) is 18.5. The van der Waals surface area contributed by atoms with E-state index in [-0.39, 0.29) is 5.91 Å². The molecule has 0 N–H and O–H groups in total. The number of benzene rings is 1. The van der Waals surface area contributed by atoms with Crippen LogP contribution in [0.5, 0.6) is 0 Å². The molecule has 0 bridgehead atoms. The van der Waals surface area contributed by atoms with Crippen molar-refractivity contribution in [2.75, 3.05) is 13.1 Å². The van der Waals surface area contributed by atoms with E-state index in [0.717, 1.165) is 42.4 Å². The van der Waals surface area contributed by atoms with Gasteiger partial charge in [-0.3, -0.25) is 9.69 Å². The van der Waals surface area contributed by atoms with Gasteiger partial charge in [0.25, 0.3) is 5.91 Å². The molecule has 138 valence electrons. The van der Waals surface area contributed by atoms with Crippen LogP contribution >= 0.6 is 11.3 Å². The average Bonchev–Trinajstić information content (AvgIpc) is 3.43. The molecule has 2 aliphatic rings. The molecule has 0 spiro atoms. The number of aromatic nitrogens is 1. The molecule has 4 nitrogen and oxygen atoms in total. The summed E-state index contributed by atoms with van der Waals surface area (Å²) in [5.41, 5.74) is 1.20. The highest BCUT2D eigenvalue weighted by Gasteiger charge is 2.29. The third kappa shape index (κ3) is 4.15. The lowest BCUT2D eigenvalue weighted by atomic mass is 10.1. The highest BCUT2D eigenvalue weighted by Crippen LogP contribution is 2.28. The summed E-state index contributed by atoms with van der Waals surface area (Å²) in [7, 11) is 0. The quantitative estimate of drug-likeness (QED) is 0.761. The van der Waals surface area contributed by atoms with Crippen LogP contribution in [0.1, 0.15) is 58.8 Å². The molecule has 1 saturated heterocycles. The summed E-state index contributed by atoms with van der Waals surface area (Å²) in [5.74, 6) is 0.158. The number of rotatable bonds is 6. The molecule has 26 heavy (non-hydrogen) atoms. The second-order valence-electron chi connectivity index (χ2n) is 7.46. The lowest BCUT2D eigenvalue weighted by Gasteiger charge is -2.28. The number of carbonyl (C=O) groups excluding carboxylic acids is 1. The van der Waals surface area contributed by atoms with Crippen molar-refractivity contribution < 1.29 is 4.79 Å². The van der Waals surface area contributed by atoms with Crippen LogP contribution < -0.4 is 0 Å². The number of thiazole rings is 1. The first-order valence-electron chi connectivity index (χ1n) is 9.81. The standard InChI is InChI=1S/C21H27N3OS/c25-21(19-14-22-20(26-19)16-23-12-6-7-13-23)24(18-10-4-5-11-18)15-17-8-2-1-3-9-17/h1-3,8-9,14,18H,4-7,10-13,15-16H2. The van der Waals surface area contributed by atoms with Crippen LogP contribution in [0.3, 0.4) is 0 Å². The Morgan fingerprint density at radius 3 is 2.58 bits per heavy atom.